The van der Waals surface area contributed by atoms with Crippen LogP contribution in [0.15, 0.2) is 36.4 Å². The molecule has 0 aliphatic heterocycles. The van der Waals surface area contributed by atoms with Gasteiger partial charge in [-0.05, 0) is 48.4 Å². The largest absolute Gasteiger partial charge is 0.206 e. The molecule has 0 fully saturated rings. The Morgan fingerprint density at radius 3 is 1.31 bits per heavy atom. The van der Waals surface area contributed by atoms with E-state index < -0.39 is 51.8 Å². The van der Waals surface area contributed by atoms with E-state index in [1.54, 1.807) is 0 Å². The maximum atomic E-state index is 14.3. The molecule has 7 heteroatoms. The molecule has 0 spiro atoms. The summed E-state index contributed by atoms with van der Waals surface area (Å²) < 4.78 is 96.2. The van der Waals surface area contributed by atoms with E-state index in [4.69, 9.17) is 0 Å². The summed E-state index contributed by atoms with van der Waals surface area (Å²) in [7, 11) is 0. The molecule has 0 unspecified atom stereocenters. The Morgan fingerprint density at radius 2 is 0.906 bits per heavy atom. The van der Waals surface area contributed by atoms with Crippen molar-refractivity contribution in [2.24, 2.45) is 0 Å². The highest BCUT2D eigenvalue weighted by Crippen LogP contribution is 2.18. The number of rotatable bonds is 2. The molecule has 0 N–H and O–H groups in total. The zero-order chi connectivity index (χ0) is 23.4. The Morgan fingerprint density at radius 1 is 0.531 bits per heavy atom. The van der Waals surface area contributed by atoms with E-state index in [1.807, 2.05) is 6.92 Å². The molecular weight excluding hydrogens is 433 g/mol. The highest BCUT2D eigenvalue weighted by atomic mass is 19.2. The molecule has 0 radical (unpaired) electrons. The smallest absolute Gasteiger partial charge is 0.194 e. The average Bonchev–Trinajstić information content (AvgIpc) is 2.71. The van der Waals surface area contributed by atoms with Crippen molar-refractivity contribution in [1.82, 2.24) is 0 Å². The lowest BCUT2D eigenvalue weighted by atomic mass is 10.1. The fraction of sp³-hybridized carbons (Fsp3) is 0.120. The first-order valence-electron chi connectivity index (χ1n) is 9.35. The van der Waals surface area contributed by atoms with Gasteiger partial charge in [0.25, 0.3) is 0 Å². The third-order valence-electron chi connectivity index (χ3n) is 4.33. The first-order chi connectivity index (χ1) is 15.2. The summed E-state index contributed by atoms with van der Waals surface area (Å²) in [4.78, 5) is 0. The SMILES string of the molecule is CCCc1cc(F)c(C#Cc2cc(F)c(C#Cc3cc(F)c(F)c(F)c3)c(F)c2)c(F)c1. The summed E-state index contributed by atoms with van der Waals surface area (Å²) in [6.07, 6.45) is 1.18. The van der Waals surface area contributed by atoms with Gasteiger partial charge >= 0.3 is 0 Å². The topological polar surface area (TPSA) is 0 Å². The first-order valence-corrected chi connectivity index (χ1v) is 9.35. The molecule has 3 aromatic rings. The summed E-state index contributed by atoms with van der Waals surface area (Å²) in [6.45, 7) is 1.86. The van der Waals surface area contributed by atoms with Crippen molar-refractivity contribution in [1.29, 1.82) is 0 Å². The van der Waals surface area contributed by atoms with E-state index in [2.05, 4.69) is 23.7 Å². The van der Waals surface area contributed by atoms with Crippen LogP contribution in [0.1, 0.15) is 41.2 Å². The minimum absolute atomic E-state index is 0.208. The minimum Gasteiger partial charge on any atom is -0.206 e. The van der Waals surface area contributed by atoms with E-state index in [-0.39, 0.29) is 11.1 Å². The summed E-state index contributed by atoms with van der Waals surface area (Å²) in [6, 6.07) is 5.06. The Hall–Kier alpha value is -3.71. The van der Waals surface area contributed by atoms with Crippen LogP contribution in [-0.4, -0.2) is 0 Å². The van der Waals surface area contributed by atoms with Crippen molar-refractivity contribution in [2.45, 2.75) is 19.8 Å². The lowest BCUT2D eigenvalue weighted by Crippen LogP contribution is -1.96. The number of benzene rings is 3. The van der Waals surface area contributed by atoms with Gasteiger partial charge in [0, 0.05) is 11.1 Å². The second kappa shape index (κ2) is 9.62. The van der Waals surface area contributed by atoms with Crippen molar-refractivity contribution in [2.75, 3.05) is 0 Å². The molecule has 0 amide bonds. The van der Waals surface area contributed by atoms with E-state index >= 15 is 0 Å². The normalized spacial score (nSPS) is 10.2. The van der Waals surface area contributed by atoms with Gasteiger partial charge in [0.2, 0.25) is 0 Å². The third kappa shape index (κ3) is 5.12. The number of halogens is 7. The van der Waals surface area contributed by atoms with E-state index in [9.17, 15) is 30.7 Å². The highest BCUT2D eigenvalue weighted by Gasteiger charge is 2.12. The monoisotopic (exact) mass is 446 g/mol. The fourth-order valence-electron chi connectivity index (χ4n) is 2.84. The lowest BCUT2D eigenvalue weighted by Gasteiger charge is -2.03. The summed E-state index contributed by atoms with van der Waals surface area (Å²) in [5.74, 6) is 0.00399. The van der Waals surface area contributed by atoms with Crippen LogP contribution in [-0.2, 0) is 6.42 Å². The zero-order valence-electron chi connectivity index (χ0n) is 16.5. The van der Waals surface area contributed by atoms with Crippen LogP contribution in [0.2, 0.25) is 0 Å². The molecule has 0 saturated heterocycles. The average molecular weight is 446 g/mol. The van der Waals surface area contributed by atoms with Gasteiger partial charge in [-0.1, -0.05) is 37.0 Å². The molecular formula is C25H13F7. The van der Waals surface area contributed by atoms with Crippen LogP contribution in [0.4, 0.5) is 30.7 Å². The van der Waals surface area contributed by atoms with Crippen molar-refractivity contribution in [3.63, 3.8) is 0 Å². The van der Waals surface area contributed by atoms with Gasteiger partial charge in [0.1, 0.15) is 23.3 Å². The fourth-order valence-corrected chi connectivity index (χ4v) is 2.84. The molecule has 0 nitrogen and oxygen atoms in total. The highest BCUT2D eigenvalue weighted by molar-refractivity contribution is 5.50. The number of hydrogen-bond acceptors (Lipinski definition) is 0. The van der Waals surface area contributed by atoms with Crippen LogP contribution in [0.25, 0.3) is 0 Å². The van der Waals surface area contributed by atoms with Crippen molar-refractivity contribution < 1.29 is 30.7 Å². The Bertz CT molecular complexity index is 1250. The Kier molecular flexibility index (Phi) is 6.90. The van der Waals surface area contributed by atoms with Gasteiger partial charge in [0.05, 0.1) is 11.1 Å². The molecule has 0 bridgehead atoms. The molecule has 0 aliphatic rings. The standard InChI is InChI=1S/C25H13F7/c1-2-3-14-8-19(26)17(20(27)9-14)6-4-15-10-21(28)18(22(29)11-15)7-5-16-12-23(30)25(32)24(31)13-16/h8-13H,2-3H2,1H3. The molecule has 0 aromatic heterocycles. The second-order valence-electron chi connectivity index (χ2n) is 6.75. The van der Waals surface area contributed by atoms with E-state index in [1.165, 1.54) is 0 Å². The van der Waals surface area contributed by atoms with Crippen LogP contribution in [0.3, 0.4) is 0 Å². The summed E-state index contributed by atoms with van der Waals surface area (Å²) >= 11 is 0. The Balaban J connectivity index is 1.92. The first kappa shape index (κ1) is 23.0. The van der Waals surface area contributed by atoms with Gasteiger partial charge in [-0.15, -0.1) is 0 Å². The molecule has 0 atom stereocenters. The molecule has 3 rings (SSSR count). The van der Waals surface area contributed by atoms with Gasteiger partial charge in [-0.2, -0.15) is 0 Å². The molecule has 0 heterocycles. The minimum atomic E-state index is -1.69. The van der Waals surface area contributed by atoms with Crippen LogP contribution < -0.4 is 0 Å². The summed E-state index contributed by atoms with van der Waals surface area (Å²) in [5.41, 5.74) is -1.33. The van der Waals surface area contributed by atoms with Crippen molar-refractivity contribution >= 4 is 0 Å². The molecule has 0 saturated carbocycles. The molecule has 3 aromatic carbocycles. The van der Waals surface area contributed by atoms with E-state index in [0.717, 1.165) is 24.3 Å². The van der Waals surface area contributed by atoms with Crippen LogP contribution in [0, 0.1) is 64.4 Å². The second-order valence-corrected chi connectivity index (χ2v) is 6.75. The number of hydrogen-bond donors (Lipinski definition) is 0. The molecule has 32 heavy (non-hydrogen) atoms. The number of aryl methyl sites for hydroxylation is 1. The van der Waals surface area contributed by atoms with Crippen LogP contribution in [0.5, 0.6) is 0 Å². The van der Waals surface area contributed by atoms with Gasteiger partial charge < -0.3 is 0 Å². The van der Waals surface area contributed by atoms with E-state index in [0.29, 0.717) is 30.5 Å². The maximum Gasteiger partial charge on any atom is 0.194 e. The predicted octanol–water partition coefficient (Wildman–Crippen LogP) is 6.41. The van der Waals surface area contributed by atoms with Crippen LogP contribution >= 0.6 is 0 Å². The molecule has 162 valence electrons. The Labute approximate surface area is 179 Å². The van der Waals surface area contributed by atoms with Crippen molar-refractivity contribution in [3.05, 3.63) is 105 Å². The van der Waals surface area contributed by atoms with Gasteiger partial charge in [-0.3, -0.25) is 0 Å². The molecule has 0 aliphatic carbocycles. The van der Waals surface area contributed by atoms with Crippen molar-refractivity contribution in [3.8, 4) is 23.7 Å². The van der Waals surface area contributed by atoms with Gasteiger partial charge in [-0.25, -0.2) is 30.7 Å². The predicted molar refractivity (Wildman–Crippen MR) is 105 cm³/mol. The zero-order valence-corrected chi connectivity index (χ0v) is 16.5. The lowest BCUT2D eigenvalue weighted by molar-refractivity contribution is 0.446. The maximum absolute atomic E-state index is 14.3. The summed E-state index contributed by atoms with van der Waals surface area (Å²) in [5, 5.41) is 0. The quantitative estimate of drug-likeness (QED) is 0.242. The van der Waals surface area contributed by atoms with Gasteiger partial charge in [0.15, 0.2) is 17.5 Å². The third-order valence-corrected chi connectivity index (χ3v) is 4.33.